The van der Waals surface area contributed by atoms with E-state index in [2.05, 4.69) is 4.37 Å². The average Bonchev–Trinajstić information content (AvgIpc) is 2.75. The van der Waals surface area contributed by atoms with E-state index >= 15 is 0 Å². The standard InChI is InChI=1S/C9H15N2O5PS3/c1-4-14-19-17(13,20-15-5-2)16-9-7(8(10)12)6(3)18-11-9/h4-5H2,1-3H3,(H2,10,12). The Hall–Kier alpha value is -0.250. The maximum absolute atomic E-state index is 12.6. The van der Waals surface area contributed by atoms with Gasteiger partial charge in [0.15, 0.2) is 0 Å². The van der Waals surface area contributed by atoms with E-state index in [4.69, 9.17) is 18.6 Å². The first-order chi connectivity index (χ1) is 9.43. The lowest BCUT2D eigenvalue weighted by Crippen LogP contribution is -2.12. The third-order valence-electron chi connectivity index (χ3n) is 1.80. The van der Waals surface area contributed by atoms with Gasteiger partial charge < -0.3 is 18.6 Å². The highest BCUT2D eigenvalue weighted by Gasteiger charge is 2.33. The van der Waals surface area contributed by atoms with Gasteiger partial charge in [0.2, 0.25) is 5.88 Å². The van der Waals surface area contributed by atoms with Crippen LogP contribution in [0.5, 0.6) is 5.88 Å². The molecule has 0 aliphatic carbocycles. The fraction of sp³-hybridized carbons (Fsp3) is 0.556. The first-order valence-electron chi connectivity index (χ1n) is 5.61. The van der Waals surface area contributed by atoms with E-state index in [9.17, 15) is 9.36 Å². The number of amides is 1. The van der Waals surface area contributed by atoms with Crippen molar-refractivity contribution in [2.24, 2.45) is 5.73 Å². The van der Waals surface area contributed by atoms with Gasteiger partial charge in [-0.3, -0.25) is 4.79 Å². The summed E-state index contributed by atoms with van der Waals surface area (Å²) in [5, 5.41) is 0. The topological polar surface area (TPSA) is 101 Å². The number of carbonyl (C=O) groups is 1. The van der Waals surface area contributed by atoms with Gasteiger partial charge >= 0.3 is 5.77 Å². The van der Waals surface area contributed by atoms with E-state index in [-0.39, 0.29) is 11.4 Å². The summed E-state index contributed by atoms with van der Waals surface area (Å²) in [6.45, 7) is 5.89. The molecule has 0 saturated heterocycles. The minimum Gasteiger partial charge on any atom is -0.406 e. The molecule has 11 heteroatoms. The van der Waals surface area contributed by atoms with Crippen LogP contribution in [0.1, 0.15) is 29.1 Å². The Morgan fingerprint density at radius 1 is 1.35 bits per heavy atom. The lowest BCUT2D eigenvalue weighted by Gasteiger charge is -2.14. The number of primary amides is 1. The number of hydrogen-bond acceptors (Lipinski definition) is 9. The molecular weight excluding hydrogens is 343 g/mol. The van der Waals surface area contributed by atoms with Crippen LogP contribution in [0, 0.1) is 6.92 Å². The van der Waals surface area contributed by atoms with E-state index in [1.807, 2.05) is 0 Å². The van der Waals surface area contributed by atoms with Crippen LogP contribution in [0.25, 0.3) is 0 Å². The fourth-order valence-electron chi connectivity index (χ4n) is 1.08. The predicted molar refractivity (Wildman–Crippen MR) is 82.0 cm³/mol. The highest BCUT2D eigenvalue weighted by atomic mass is 33.1. The molecule has 1 rings (SSSR count). The average molecular weight is 358 g/mol. The number of rotatable bonds is 9. The molecule has 114 valence electrons. The van der Waals surface area contributed by atoms with Crippen LogP contribution >= 0.6 is 40.6 Å². The van der Waals surface area contributed by atoms with Crippen molar-refractivity contribution in [2.75, 3.05) is 13.2 Å². The Morgan fingerprint density at radius 2 is 1.90 bits per heavy atom. The normalized spacial score (nSPS) is 11.6. The minimum atomic E-state index is -3.40. The molecule has 0 aliphatic rings. The molecule has 1 aromatic rings. The molecule has 0 atom stereocenters. The van der Waals surface area contributed by atoms with Crippen molar-refractivity contribution in [1.82, 2.24) is 4.37 Å². The zero-order chi connectivity index (χ0) is 15.2. The molecule has 0 bridgehead atoms. The Bertz CT molecular complexity index is 498. The first-order valence-corrected chi connectivity index (χ1v) is 10.7. The van der Waals surface area contributed by atoms with Crippen molar-refractivity contribution in [3.8, 4) is 5.88 Å². The van der Waals surface area contributed by atoms with Crippen molar-refractivity contribution in [3.05, 3.63) is 10.4 Å². The Labute approximate surface area is 129 Å². The molecule has 0 spiro atoms. The van der Waals surface area contributed by atoms with Crippen molar-refractivity contribution in [3.63, 3.8) is 0 Å². The summed E-state index contributed by atoms with van der Waals surface area (Å²) >= 11 is 2.39. The highest BCUT2D eigenvalue weighted by Crippen LogP contribution is 2.69. The van der Waals surface area contributed by atoms with Gasteiger partial charge in [0.25, 0.3) is 5.91 Å². The number of hydrogen-bond donors (Lipinski definition) is 1. The molecule has 7 nitrogen and oxygen atoms in total. The number of aryl methyl sites for hydroxylation is 1. The third-order valence-corrected chi connectivity index (χ3v) is 7.25. The fourth-order valence-corrected chi connectivity index (χ4v) is 5.74. The molecule has 1 heterocycles. The first kappa shape index (κ1) is 17.8. The van der Waals surface area contributed by atoms with Gasteiger partial charge in [0.05, 0.1) is 13.2 Å². The SMILES string of the molecule is CCOSP(=O)(Oc1nsc(C)c1C(N)=O)SOCC. The van der Waals surface area contributed by atoms with E-state index in [0.29, 0.717) is 41.4 Å². The summed E-state index contributed by atoms with van der Waals surface area (Å²) in [7, 11) is 0. The maximum atomic E-state index is 12.6. The molecule has 0 radical (unpaired) electrons. The third kappa shape index (κ3) is 4.94. The Morgan fingerprint density at radius 3 is 2.35 bits per heavy atom. The van der Waals surface area contributed by atoms with Gasteiger partial charge in [0.1, 0.15) is 28.9 Å². The second-order valence-electron chi connectivity index (χ2n) is 3.28. The molecule has 1 amide bonds. The van der Waals surface area contributed by atoms with Gasteiger partial charge in [0, 0.05) is 4.88 Å². The van der Waals surface area contributed by atoms with Crippen molar-refractivity contribution < 1.29 is 22.2 Å². The minimum absolute atomic E-state index is 0.0530. The van der Waals surface area contributed by atoms with Crippen LogP contribution < -0.4 is 10.3 Å². The maximum Gasteiger partial charge on any atom is 0.413 e. The predicted octanol–water partition coefficient (Wildman–Crippen LogP) is 3.41. The molecule has 1 aromatic heterocycles. The second kappa shape index (κ2) is 8.26. The van der Waals surface area contributed by atoms with Crippen LogP contribution in [0.15, 0.2) is 0 Å². The summed E-state index contributed by atoms with van der Waals surface area (Å²) in [6, 6.07) is 0. The lowest BCUT2D eigenvalue weighted by atomic mass is 10.3. The van der Waals surface area contributed by atoms with Gasteiger partial charge in [-0.25, -0.2) is 4.57 Å². The van der Waals surface area contributed by atoms with Crippen molar-refractivity contribution >= 4 is 46.5 Å². The van der Waals surface area contributed by atoms with Gasteiger partial charge in [-0.15, -0.1) is 0 Å². The summed E-state index contributed by atoms with van der Waals surface area (Å²) < 4.78 is 32.0. The molecule has 2 N–H and O–H groups in total. The monoisotopic (exact) mass is 358 g/mol. The van der Waals surface area contributed by atoms with E-state index < -0.39 is 11.7 Å². The number of carbonyl (C=O) groups excluding carboxylic acids is 1. The summed E-state index contributed by atoms with van der Waals surface area (Å²) in [4.78, 5) is 12.0. The molecule has 0 aliphatic heterocycles. The molecule has 0 unspecified atom stereocenters. The molecule has 20 heavy (non-hydrogen) atoms. The van der Waals surface area contributed by atoms with Gasteiger partial charge in [-0.1, -0.05) is 0 Å². The number of nitrogens with zero attached hydrogens (tertiary/aromatic N) is 1. The highest BCUT2D eigenvalue weighted by molar-refractivity contribution is 8.87. The largest absolute Gasteiger partial charge is 0.413 e. The second-order valence-corrected chi connectivity index (χ2v) is 10.6. The zero-order valence-corrected chi connectivity index (χ0v) is 14.5. The number of aromatic nitrogens is 1. The van der Waals surface area contributed by atoms with Crippen LogP contribution in [-0.4, -0.2) is 23.5 Å². The van der Waals surface area contributed by atoms with Gasteiger partial charge in [-0.2, -0.15) is 4.37 Å². The molecular formula is C9H15N2O5PS3. The van der Waals surface area contributed by atoms with E-state index in [0.717, 1.165) is 11.5 Å². The Kier molecular flexibility index (Phi) is 7.35. The Balaban J connectivity index is 2.94. The molecule has 0 saturated carbocycles. The lowest BCUT2D eigenvalue weighted by molar-refractivity contribution is 0.0998. The van der Waals surface area contributed by atoms with Crippen molar-refractivity contribution in [2.45, 2.75) is 20.8 Å². The number of nitrogens with two attached hydrogens (primary N) is 1. The summed E-state index contributed by atoms with van der Waals surface area (Å²) in [5.74, 6) is -4.14. The zero-order valence-electron chi connectivity index (χ0n) is 11.2. The van der Waals surface area contributed by atoms with Crippen LogP contribution in [0.3, 0.4) is 0 Å². The van der Waals surface area contributed by atoms with Crippen LogP contribution in [0.4, 0.5) is 0 Å². The van der Waals surface area contributed by atoms with Gasteiger partial charge in [-0.05, 0) is 32.3 Å². The smallest absolute Gasteiger partial charge is 0.406 e. The van der Waals surface area contributed by atoms with E-state index in [1.165, 1.54) is 0 Å². The molecule has 0 fully saturated rings. The van der Waals surface area contributed by atoms with Crippen LogP contribution in [-0.2, 0) is 12.9 Å². The van der Waals surface area contributed by atoms with Crippen LogP contribution in [0.2, 0.25) is 0 Å². The van der Waals surface area contributed by atoms with Crippen molar-refractivity contribution in [1.29, 1.82) is 0 Å². The molecule has 0 aromatic carbocycles. The quantitative estimate of drug-likeness (QED) is 0.529. The summed E-state index contributed by atoms with van der Waals surface area (Å²) in [6.07, 6.45) is 0. The summed E-state index contributed by atoms with van der Waals surface area (Å²) in [5.41, 5.74) is 5.39. The van der Waals surface area contributed by atoms with E-state index in [1.54, 1.807) is 20.8 Å².